The summed E-state index contributed by atoms with van der Waals surface area (Å²) >= 11 is 0. The number of carbonyl (C=O) groups excluding carboxylic acids is 1. The van der Waals surface area contributed by atoms with Gasteiger partial charge in [0, 0.05) is 12.1 Å². The molecule has 0 bridgehead atoms. The zero-order chi connectivity index (χ0) is 22.6. The molecule has 7 nitrogen and oxygen atoms in total. The summed E-state index contributed by atoms with van der Waals surface area (Å²) in [6.45, 7) is 0.544. The SMILES string of the molecule is O=C(NC1CCN(S(=O)(=O)c2ccccc2)C1O)c1ccc(OCc2ccccc2)cc1. The Hall–Kier alpha value is -3.20. The van der Waals surface area contributed by atoms with Crippen molar-refractivity contribution in [3.63, 3.8) is 0 Å². The first-order chi connectivity index (χ1) is 15.4. The van der Waals surface area contributed by atoms with E-state index in [0.717, 1.165) is 9.87 Å². The van der Waals surface area contributed by atoms with Crippen molar-refractivity contribution in [2.75, 3.05) is 6.54 Å². The summed E-state index contributed by atoms with van der Waals surface area (Å²) < 4.78 is 32.3. The molecule has 166 valence electrons. The van der Waals surface area contributed by atoms with Crippen molar-refractivity contribution in [1.82, 2.24) is 9.62 Å². The fraction of sp³-hybridized carbons (Fsp3) is 0.208. The van der Waals surface area contributed by atoms with E-state index in [1.54, 1.807) is 42.5 Å². The van der Waals surface area contributed by atoms with Crippen LogP contribution >= 0.6 is 0 Å². The molecular formula is C24H24N2O5S. The second kappa shape index (κ2) is 9.52. The average molecular weight is 453 g/mol. The highest BCUT2D eigenvalue weighted by atomic mass is 32.2. The molecule has 3 aromatic carbocycles. The van der Waals surface area contributed by atoms with Crippen molar-refractivity contribution in [2.24, 2.45) is 0 Å². The van der Waals surface area contributed by atoms with Crippen LogP contribution in [0, 0.1) is 0 Å². The standard InChI is InChI=1S/C24H24N2O5S/c27-23(19-11-13-20(14-12-19)31-17-18-7-3-1-4-8-18)25-22-15-16-26(24(22)28)32(29,30)21-9-5-2-6-10-21/h1-14,22,24,28H,15-17H2,(H,25,27). The first kappa shape index (κ1) is 22.0. The van der Waals surface area contributed by atoms with Crippen LogP contribution < -0.4 is 10.1 Å². The maximum atomic E-state index is 12.8. The van der Waals surface area contributed by atoms with Crippen LogP contribution in [0.15, 0.2) is 89.8 Å². The molecule has 2 unspecified atom stereocenters. The molecule has 1 aliphatic rings. The Morgan fingerprint density at radius 1 is 0.969 bits per heavy atom. The Morgan fingerprint density at radius 3 is 2.25 bits per heavy atom. The molecule has 0 radical (unpaired) electrons. The summed E-state index contributed by atoms with van der Waals surface area (Å²) in [4.78, 5) is 12.7. The Bertz CT molecular complexity index is 1150. The van der Waals surface area contributed by atoms with Gasteiger partial charge in [0.2, 0.25) is 10.0 Å². The van der Waals surface area contributed by atoms with E-state index in [1.807, 2.05) is 30.3 Å². The lowest BCUT2D eigenvalue weighted by molar-refractivity contribution is 0.0628. The van der Waals surface area contributed by atoms with Crippen molar-refractivity contribution in [3.05, 3.63) is 96.1 Å². The summed E-state index contributed by atoms with van der Waals surface area (Å²) in [5.74, 6) is 0.244. The van der Waals surface area contributed by atoms with Gasteiger partial charge in [0.05, 0.1) is 10.9 Å². The van der Waals surface area contributed by atoms with Crippen molar-refractivity contribution in [1.29, 1.82) is 0 Å². The van der Waals surface area contributed by atoms with Crippen LogP contribution in [0.5, 0.6) is 5.75 Å². The smallest absolute Gasteiger partial charge is 0.251 e. The molecule has 3 aromatic rings. The van der Waals surface area contributed by atoms with E-state index in [4.69, 9.17) is 4.74 Å². The third-order valence-electron chi connectivity index (χ3n) is 5.35. The van der Waals surface area contributed by atoms with Crippen molar-refractivity contribution in [2.45, 2.75) is 30.2 Å². The van der Waals surface area contributed by atoms with Gasteiger partial charge in [-0.15, -0.1) is 0 Å². The van der Waals surface area contributed by atoms with Gasteiger partial charge in [0.15, 0.2) is 0 Å². The van der Waals surface area contributed by atoms with Crippen LogP contribution in [0.2, 0.25) is 0 Å². The second-order valence-corrected chi connectivity index (χ2v) is 9.40. The minimum absolute atomic E-state index is 0.108. The van der Waals surface area contributed by atoms with E-state index in [-0.39, 0.29) is 17.3 Å². The van der Waals surface area contributed by atoms with E-state index in [9.17, 15) is 18.3 Å². The average Bonchev–Trinajstić information content (AvgIpc) is 3.20. The Labute approximate surface area is 187 Å². The molecule has 2 N–H and O–H groups in total. The summed E-state index contributed by atoms with van der Waals surface area (Å²) in [6, 6.07) is 23.7. The van der Waals surface area contributed by atoms with Crippen molar-refractivity contribution < 1.29 is 23.1 Å². The molecule has 0 aliphatic carbocycles. The number of hydrogen-bond acceptors (Lipinski definition) is 5. The zero-order valence-electron chi connectivity index (χ0n) is 17.3. The second-order valence-electron chi connectivity index (χ2n) is 7.51. The molecular weight excluding hydrogens is 428 g/mol. The van der Waals surface area contributed by atoms with E-state index in [1.165, 1.54) is 12.1 Å². The summed E-state index contributed by atoms with van der Waals surface area (Å²) in [5, 5.41) is 13.3. The zero-order valence-corrected chi connectivity index (χ0v) is 18.1. The molecule has 1 aliphatic heterocycles. The van der Waals surface area contributed by atoms with Gasteiger partial charge in [-0.2, -0.15) is 4.31 Å². The predicted molar refractivity (Wildman–Crippen MR) is 119 cm³/mol. The summed E-state index contributed by atoms with van der Waals surface area (Å²) in [6.07, 6.45) is -1.02. The quantitative estimate of drug-likeness (QED) is 0.575. The number of benzene rings is 3. The van der Waals surface area contributed by atoms with E-state index >= 15 is 0 Å². The highest BCUT2D eigenvalue weighted by molar-refractivity contribution is 7.89. The summed E-state index contributed by atoms with van der Waals surface area (Å²) in [5.41, 5.74) is 1.44. The molecule has 4 rings (SSSR count). The number of nitrogens with one attached hydrogen (secondary N) is 1. The van der Waals surface area contributed by atoms with Crippen molar-refractivity contribution >= 4 is 15.9 Å². The number of sulfonamides is 1. The van der Waals surface area contributed by atoms with Crippen LogP contribution in [0.25, 0.3) is 0 Å². The number of aliphatic hydroxyl groups is 1. The van der Waals surface area contributed by atoms with Gasteiger partial charge in [0.25, 0.3) is 5.91 Å². The van der Waals surface area contributed by atoms with Crippen LogP contribution in [0.1, 0.15) is 22.3 Å². The number of ether oxygens (including phenoxy) is 1. The maximum absolute atomic E-state index is 12.8. The molecule has 1 heterocycles. The molecule has 1 fully saturated rings. The predicted octanol–water partition coefficient (Wildman–Crippen LogP) is 2.78. The first-order valence-corrected chi connectivity index (χ1v) is 11.7. The lowest BCUT2D eigenvalue weighted by atomic mass is 10.1. The van der Waals surface area contributed by atoms with Crippen LogP contribution in [0.3, 0.4) is 0 Å². The van der Waals surface area contributed by atoms with Crippen LogP contribution in [0.4, 0.5) is 0 Å². The van der Waals surface area contributed by atoms with Gasteiger partial charge in [-0.05, 0) is 48.4 Å². The van der Waals surface area contributed by atoms with Crippen molar-refractivity contribution in [3.8, 4) is 5.75 Å². The Balaban J connectivity index is 1.36. The lowest BCUT2D eigenvalue weighted by Crippen LogP contribution is -2.46. The van der Waals surface area contributed by atoms with E-state index < -0.39 is 22.3 Å². The number of nitrogens with zero attached hydrogens (tertiary/aromatic N) is 1. The minimum Gasteiger partial charge on any atom is -0.489 e. The highest BCUT2D eigenvalue weighted by Gasteiger charge is 2.41. The van der Waals surface area contributed by atoms with Gasteiger partial charge in [-0.3, -0.25) is 4.79 Å². The molecule has 0 saturated carbocycles. The largest absolute Gasteiger partial charge is 0.489 e. The van der Waals surface area contributed by atoms with Gasteiger partial charge in [-0.1, -0.05) is 48.5 Å². The number of hydrogen-bond donors (Lipinski definition) is 2. The maximum Gasteiger partial charge on any atom is 0.251 e. The summed E-state index contributed by atoms with van der Waals surface area (Å²) in [7, 11) is -3.84. The highest BCUT2D eigenvalue weighted by Crippen LogP contribution is 2.25. The van der Waals surface area contributed by atoms with Crippen LogP contribution in [-0.4, -0.2) is 42.6 Å². The Kier molecular flexibility index (Phi) is 6.55. The van der Waals surface area contributed by atoms with Gasteiger partial charge >= 0.3 is 0 Å². The first-order valence-electron chi connectivity index (χ1n) is 10.3. The lowest BCUT2D eigenvalue weighted by Gasteiger charge is -2.23. The van der Waals surface area contributed by atoms with E-state index in [2.05, 4.69) is 5.32 Å². The van der Waals surface area contributed by atoms with Gasteiger partial charge < -0.3 is 15.2 Å². The molecule has 32 heavy (non-hydrogen) atoms. The number of carbonyl (C=O) groups is 1. The number of aliphatic hydroxyl groups excluding tert-OH is 1. The third kappa shape index (κ3) is 4.83. The molecule has 8 heteroatoms. The van der Waals surface area contributed by atoms with Crippen LogP contribution in [-0.2, 0) is 16.6 Å². The monoisotopic (exact) mass is 452 g/mol. The molecule has 1 saturated heterocycles. The third-order valence-corrected chi connectivity index (χ3v) is 7.23. The topological polar surface area (TPSA) is 95.9 Å². The number of amides is 1. The fourth-order valence-electron chi connectivity index (χ4n) is 3.58. The van der Waals surface area contributed by atoms with E-state index in [0.29, 0.717) is 24.3 Å². The molecule has 1 amide bonds. The molecule has 0 spiro atoms. The molecule has 0 aromatic heterocycles. The van der Waals surface area contributed by atoms with Gasteiger partial charge in [-0.25, -0.2) is 8.42 Å². The van der Waals surface area contributed by atoms with Gasteiger partial charge in [0.1, 0.15) is 18.6 Å². The Morgan fingerprint density at radius 2 is 1.59 bits per heavy atom. The number of rotatable bonds is 7. The minimum atomic E-state index is -3.84. The fourth-order valence-corrected chi connectivity index (χ4v) is 5.13. The molecule has 2 atom stereocenters. The normalized spacial score (nSPS) is 18.9.